The molecule has 0 radical (unpaired) electrons. The zero-order valence-electron chi connectivity index (χ0n) is 25.4. The Hall–Kier alpha value is 0.314. The lowest BCUT2D eigenvalue weighted by molar-refractivity contribution is -0.121. The average molecular weight is 534 g/mol. The molecule has 0 heterocycles. The number of hydrogen-bond donors (Lipinski definition) is 0. The second-order valence-electron chi connectivity index (χ2n) is 15.1. The predicted octanol–water partition coefficient (Wildman–Crippen LogP) is 9.18. The van der Waals surface area contributed by atoms with Crippen LogP contribution in [0.4, 0.5) is 0 Å². The van der Waals surface area contributed by atoms with Gasteiger partial charge in [-0.2, -0.15) is 0 Å². The van der Waals surface area contributed by atoms with Crippen molar-refractivity contribution in [3.05, 3.63) is 0 Å². The summed E-state index contributed by atoms with van der Waals surface area (Å²) in [6, 6.07) is 3.27. The van der Waals surface area contributed by atoms with Crippen LogP contribution in [0.3, 0.4) is 0 Å². The Morgan fingerprint density at radius 2 is 0.611 bits per heavy atom. The van der Waals surface area contributed by atoms with Gasteiger partial charge in [0.05, 0.1) is 0 Å². The fourth-order valence-electron chi connectivity index (χ4n) is 8.99. The lowest BCUT2D eigenvalue weighted by atomic mass is 9.86. The molecule has 0 aromatic heterocycles. The maximum absolute atomic E-state index is 3.30. The molecule has 4 rings (SSSR count). The first kappa shape index (κ1) is 29.3. The molecule has 0 aromatic rings. The van der Waals surface area contributed by atoms with Gasteiger partial charge < -0.3 is 4.23 Å². The van der Waals surface area contributed by atoms with Crippen LogP contribution in [-0.2, 0) is 0 Å². The fraction of sp³-hybridized carbons (Fsp3) is 1.00. The Labute approximate surface area is 228 Å². The second kappa shape index (κ2) is 13.1. The second-order valence-corrected chi connectivity index (χ2v) is 25.2. The minimum atomic E-state index is -1.55. The molecule has 0 saturated heterocycles. The molecule has 0 N–H and O–H groups in total. The molecule has 0 aromatic carbocycles. The molecule has 0 amide bonds. The molecule has 0 bridgehead atoms. The van der Waals surface area contributed by atoms with E-state index in [1.807, 2.05) is 0 Å². The summed E-state index contributed by atoms with van der Waals surface area (Å²) in [6.07, 6.45) is 29.9. The van der Waals surface area contributed by atoms with Gasteiger partial charge in [-0.1, -0.05) is 116 Å². The molecule has 4 fully saturated rings. The van der Waals surface area contributed by atoms with Crippen LogP contribution in [0, 0.1) is 0 Å². The predicted molar refractivity (Wildman–Crippen MR) is 163 cm³/mol. The van der Waals surface area contributed by atoms with Gasteiger partial charge in [0.2, 0.25) is 0 Å². The van der Waals surface area contributed by atoms with E-state index in [0.29, 0.717) is 6.29 Å². The SMILES string of the molecule is C[Si](C)(C)N(C(N(C1CCCCC1)C1CCCCC1)N(C1CCCCC1)C1CCCCC1)[Si](C)(C)C. The molecule has 0 unspecified atom stereocenters. The molecular formula is C31H63N3Si2. The lowest BCUT2D eigenvalue weighted by Crippen LogP contribution is -2.76. The smallest absolute Gasteiger partial charge is 0.114 e. The highest BCUT2D eigenvalue weighted by molar-refractivity contribution is 6.89. The molecule has 3 nitrogen and oxygen atoms in total. The van der Waals surface area contributed by atoms with Crippen molar-refractivity contribution < 1.29 is 0 Å². The van der Waals surface area contributed by atoms with Crippen LogP contribution < -0.4 is 0 Å². The first-order valence-corrected chi connectivity index (χ1v) is 23.4. The standard InChI is InChI=1S/C31H63N3Si2/c1-35(2,3)34(36(4,5)6)31(32(27-19-11-7-12-20-27)28-21-13-8-14-22-28)33(29-23-15-9-16-24-29)30-25-17-10-18-26-30/h27-31H,7-26H2,1-6H3. The van der Waals surface area contributed by atoms with E-state index in [1.54, 1.807) is 0 Å². The molecule has 4 saturated carbocycles. The molecule has 4 aliphatic rings. The Bertz CT molecular complexity index is 543. The maximum Gasteiger partial charge on any atom is 0.114 e. The molecule has 5 heteroatoms. The van der Waals surface area contributed by atoms with Crippen molar-refractivity contribution in [2.45, 2.75) is 198 Å². The Kier molecular flexibility index (Phi) is 10.7. The van der Waals surface area contributed by atoms with Crippen LogP contribution in [0.15, 0.2) is 0 Å². The van der Waals surface area contributed by atoms with Crippen LogP contribution in [0.25, 0.3) is 0 Å². The average Bonchev–Trinajstić information content (AvgIpc) is 2.85. The summed E-state index contributed by atoms with van der Waals surface area (Å²) in [5.74, 6) is 0. The summed E-state index contributed by atoms with van der Waals surface area (Å²) in [5, 5.41) is 0. The molecule has 4 aliphatic carbocycles. The monoisotopic (exact) mass is 533 g/mol. The molecule has 36 heavy (non-hydrogen) atoms. The van der Waals surface area contributed by atoms with E-state index in [0.717, 1.165) is 24.2 Å². The third-order valence-corrected chi connectivity index (χ3v) is 17.6. The van der Waals surface area contributed by atoms with Crippen LogP contribution in [0.5, 0.6) is 0 Å². The van der Waals surface area contributed by atoms with E-state index < -0.39 is 16.5 Å². The van der Waals surface area contributed by atoms with E-state index in [9.17, 15) is 0 Å². The van der Waals surface area contributed by atoms with Crippen LogP contribution in [0.2, 0.25) is 39.3 Å². The van der Waals surface area contributed by atoms with E-state index in [2.05, 4.69) is 53.3 Å². The van der Waals surface area contributed by atoms with Crippen molar-refractivity contribution in [2.75, 3.05) is 0 Å². The van der Waals surface area contributed by atoms with Gasteiger partial charge in [0, 0.05) is 24.2 Å². The Morgan fingerprint density at radius 3 is 0.806 bits per heavy atom. The van der Waals surface area contributed by atoms with Gasteiger partial charge in [-0.3, -0.25) is 9.80 Å². The zero-order chi connectivity index (χ0) is 25.8. The van der Waals surface area contributed by atoms with E-state index in [1.165, 1.54) is 128 Å². The summed E-state index contributed by atoms with van der Waals surface area (Å²) in [4.78, 5) is 6.58. The van der Waals surface area contributed by atoms with Gasteiger partial charge >= 0.3 is 0 Å². The van der Waals surface area contributed by atoms with E-state index in [4.69, 9.17) is 0 Å². The van der Waals surface area contributed by atoms with E-state index >= 15 is 0 Å². The van der Waals surface area contributed by atoms with Gasteiger partial charge in [0.25, 0.3) is 0 Å². The van der Waals surface area contributed by atoms with Crippen molar-refractivity contribution in [1.29, 1.82) is 0 Å². The molecule has 0 spiro atoms. The third-order valence-electron chi connectivity index (χ3n) is 10.2. The topological polar surface area (TPSA) is 9.72 Å². The first-order valence-electron chi connectivity index (χ1n) is 16.5. The minimum Gasteiger partial charge on any atom is -0.319 e. The quantitative estimate of drug-likeness (QED) is 0.216. The van der Waals surface area contributed by atoms with Crippen LogP contribution in [0.1, 0.15) is 128 Å². The summed E-state index contributed by atoms with van der Waals surface area (Å²) in [7, 11) is -3.11. The van der Waals surface area contributed by atoms with Crippen LogP contribution >= 0.6 is 0 Å². The third kappa shape index (κ3) is 7.28. The number of rotatable bonds is 9. The summed E-state index contributed by atoms with van der Waals surface area (Å²) in [5.41, 5.74) is 0. The van der Waals surface area contributed by atoms with Gasteiger partial charge in [0.15, 0.2) is 0 Å². The first-order chi connectivity index (χ1) is 17.2. The molecule has 210 valence electrons. The highest BCUT2D eigenvalue weighted by atomic mass is 28.4. The Morgan fingerprint density at radius 1 is 0.389 bits per heavy atom. The summed E-state index contributed by atoms with van der Waals surface area (Å²) in [6.45, 7) is 16.2. The highest BCUT2D eigenvalue weighted by Gasteiger charge is 2.50. The number of nitrogens with zero attached hydrogens (tertiary/aromatic N) is 3. The van der Waals surface area contributed by atoms with Crippen molar-refractivity contribution in [3.8, 4) is 0 Å². The lowest BCUT2D eigenvalue weighted by Gasteiger charge is -2.62. The largest absolute Gasteiger partial charge is 0.319 e. The van der Waals surface area contributed by atoms with Gasteiger partial charge in [-0.25, -0.2) is 0 Å². The van der Waals surface area contributed by atoms with E-state index in [-0.39, 0.29) is 0 Å². The summed E-state index contributed by atoms with van der Waals surface area (Å²) < 4.78 is 3.30. The molecule has 0 atom stereocenters. The highest BCUT2D eigenvalue weighted by Crippen LogP contribution is 2.41. The van der Waals surface area contributed by atoms with Gasteiger partial charge in [0.1, 0.15) is 22.8 Å². The fourth-order valence-corrected chi connectivity index (χ4v) is 19.0. The normalized spacial score (nSPS) is 25.5. The molecular weight excluding hydrogens is 471 g/mol. The Balaban J connectivity index is 1.84. The van der Waals surface area contributed by atoms with Crippen LogP contribution in [-0.4, -0.2) is 61.0 Å². The minimum absolute atomic E-state index is 0.570. The zero-order valence-corrected chi connectivity index (χ0v) is 27.4. The van der Waals surface area contributed by atoms with Crippen molar-refractivity contribution in [1.82, 2.24) is 14.0 Å². The van der Waals surface area contributed by atoms with Crippen molar-refractivity contribution >= 4 is 16.5 Å². The maximum atomic E-state index is 3.30. The van der Waals surface area contributed by atoms with Gasteiger partial charge in [-0.15, -0.1) is 0 Å². The van der Waals surface area contributed by atoms with Gasteiger partial charge in [-0.05, 0) is 51.4 Å². The van der Waals surface area contributed by atoms with Crippen molar-refractivity contribution in [3.63, 3.8) is 0 Å². The summed E-state index contributed by atoms with van der Waals surface area (Å²) >= 11 is 0. The van der Waals surface area contributed by atoms with Crippen molar-refractivity contribution in [2.24, 2.45) is 0 Å². The molecule has 0 aliphatic heterocycles. The number of hydrogen-bond acceptors (Lipinski definition) is 3.